The lowest BCUT2D eigenvalue weighted by molar-refractivity contribution is 0.322. The molecule has 5 heterocycles. The molecule has 0 radical (unpaired) electrons. The summed E-state index contributed by atoms with van der Waals surface area (Å²) in [6, 6.07) is 2.85. The quantitative estimate of drug-likeness (QED) is 0.377. The molecule has 204 valence electrons. The largest absolute Gasteiger partial charge is 0.368 e. The van der Waals surface area contributed by atoms with Gasteiger partial charge in [0, 0.05) is 82.3 Å². The highest BCUT2D eigenvalue weighted by atomic mass is 15.3. The minimum atomic E-state index is 0.527. The van der Waals surface area contributed by atoms with Crippen molar-refractivity contribution in [3.63, 3.8) is 0 Å². The predicted octanol–water partition coefficient (Wildman–Crippen LogP) is 8.19. The molecule has 0 spiro atoms. The number of hydrogen-bond acceptors (Lipinski definition) is 3. The van der Waals surface area contributed by atoms with E-state index in [1.807, 2.05) is 0 Å². The van der Waals surface area contributed by atoms with E-state index in [1.54, 1.807) is 33.8 Å². The highest BCUT2D eigenvalue weighted by Gasteiger charge is 2.56. The molecular weight excluding hydrogens is 449 g/mol. The molecule has 0 bridgehead atoms. The van der Waals surface area contributed by atoms with Crippen molar-refractivity contribution < 1.29 is 0 Å². The van der Waals surface area contributed by atoms with E-state index >= 15 is 0 Å². The van der Waals surface area contributed by atoms with Crippen LogP contribution in [-0.4, -0.2) is 43.5 Å². The number of anilines is 3. The average Bonchev–Trinajstić information content (AvgIpc) is 3.41. The van der Waals surface area contributed by atoms with Gasteiger partial charge < -0.3 is 14.7 Å². The van der Waals surface area contributed by atoms with Crippen LogP contribution < -0.4 is 14.7 Å². The fraction of sp³-hybridized carbons (Fsp3) is 0.818. The zero-order valence-corrected chi connectivity index (χ0v) is 26.0. The Kier molecular flexibility index (Phi) is 6.02. The smallest absolute Gasteiger partial charge is 0.154 e. The highest BCUT2D eigenvalue weighted by molar-refractivity contribution is 6.64. The van der Waals surface area contributed by atoms with E-state index in [4.69, 9.17) is 0 Å². The molecule has 0 aliphatic carbocycles. The summed E-state index contributed by atoms with van der Waals surface area (Å²) in [7, 11) is 0. The van der Waals surface area contributed by atoms with Crippen molar-refractivity contribution in [3.05, 3.63) is 16.7 Å². The molecule has 10 atom stereocenters. The van der Waals surface area contributed by atoms with Gasteiger partial charge in [0.15, 0.2) is 6.71 Å². The first-order valence-corrected chi connectivity index (χ1v) is 15.9. The Balaban J connectivity index is 1.59. The molecule has 3 nitrogen and oxygen atoms in total. The Morgan fingerprint density at radius 2 is 1.22 bits per heavy atom. The third kappa shape index (κ3) is 3.26. The molecular formula is C33H54BN3. The van der Waals surface area contributed by atoms with Gasteiger partial charge in [-0.2, -0.15) is 0 Å². The summed E-state index contributed by atoms with van der Waals surface area (Å²) in [5, 5.41) is 0. The van der Waals surface area contributed by atoms with Crippen LogP contribution >= 0.6 is 0 Å². The highest BCUT2D eigenvalue weighted by Crippen LogP contribution is 2.64. The molecule has 1 aromatic rings. The lowest BCUT2D eigenvalue weighted by Crippen LogP contribution is -2.56. The van der Waals surface area contributed by atoms with E-state index in [9.17, 15) is 0 Å². The van der Waals surface area contributed by atoms with E-state index in [-0.39, 0.29) is 0 Å². The minimum Gasteiger partial charge on any atom is -0.368 e. The van der Waals surface area contributed by atoms with Crippen molar-refractivity contribution in [1.82, 2.24) is 0 Å². The minimum absolute atomic E-state index is 0.527. The van der Waals surface area contributed by atoms with Crippen molar-refractivity contribution >= 4 is 23.8 Å². The molecule has 37 heavy (non-hydrogen) atoms. The van der Waals surface area contributed by atoms with E-state index in [2.05, 4.69) is 97.8 Å². The topological polar surface area (TPSA) is 9.72 Å². The molecule has 1 aromatic carbocycles. The Hall–Kier alpha value is -1.32. The first kappa shape index (κ1) is 25.9. The molecule has 5 aliphatic heterocycles. The van der Waals surface area contributed by atoms with Gasteiger partial charge in [-0.05, 0) is 77.9 Å². The average molecular weight is 504 g/mol. The Labute approximate surface area is 228 Å². The van der Waals surface area contributed by atoms with E-state index in [1.165, 1.54) is 19.4 Å². The maximum atomic E-state index is 3.00. The lowest BCUT2D eigenvalue weighted by Gasteiger charge is -2.54. The summed E-state index contributed by atoms with van der Waals surface area (Å²) in [6.07, 6.45) is 2.67. The SMILES string of the molecule is CC(C)N1c2c3c(c4c(c2[C@@H](C)[C@H]1C)N(C(C)C)[C@H](C)[C@@H]4C)N1C[C@H]2B([C@@H](C)[C@@H](C)C[C@H]2C)[C@H](C)[C@@H]1C3. The zero-order chi connectivity index (χ0) is 26.8. The molecule has 0 saturated carbocycles. The summed E-state index contributed by atoms with van der Waals surface area (Å²) < 4.78 is 0. The van der Waals surface area contributed by atoms with Crippen LogP contribution in [0.25, 0.3) is 0 Å². The van der Waals surface area contributed by atoms with E-state index in [0.717, 1.165) is 36.0 Å². The first-order valence-electron chi connectivity index (χ1n) is 15.9. The molecule has 0 amide bonds. The lowest BCUT2D eigenvalue weighted by atomic mass is 9.21. The summed E-state index contributed by atoms with van der Waals surface area (Å²) in [5.41, 5.74) is 10.1. The van der Waals surface area contributed by atoms with Crippen LogP contribution in [0.3, 0.4) is 0 Å². The summed E-state index contributed by atoms with van der Waals surface area (Å²) >= 11 is 0. The number of hydrogen-bond donors (Lipinski definition) is 0. The number of benzene rings is 1. The van der Waals surface area contributed by atoms with Crippen molar-refractivity contribution in [2.24, 2.45) is 11.8 Å². The van der Waals surface area contributed by atoms with Gasteiger partial charge in [-0.25, -0.2) is 0 Å². The number of rotatable bonds is 2. The first-order chi connectivity index (χ1) is 17.4. The monoisotopic (exact) mass is 503 g/mol. The third-order valence-electron chi connectivity index (χ3n) is 12.7. The van der Waals surface area contributed by atoms with E-state index in [0.29, 0.717) is 42.0 Å². The second-order valence-corrected chi connectivity index (χ2v) is 15.0. The van der Waals surface area contributed by atoms with Gasteiger partial charge in [0.05, 0.1) is 0 Å². The van der Waals surface area contributed by atoms with Crippen LogP contribution in [0.15, 0.2) is 0 Å². The Morgan fingerprint density at radius 3 is 1.78 bits per heavy atom. The van der Waals surface area contributed by atoms with Crippen molar-refractivity contribution in [2.45, 2.75) is 155 Å². The third-order valence-corrected chi connectivity index (χ3v) is 12.7. The van der Waals surface area contributed by atoms with Crippen molar-refractivity contribution in [3.8, 4) is 0 Å². The second kappa shape index (κ2) is 8.59. The van der Waals surface area contributed by atoms with Crippen LogP contribution in [0.2, 0.25) is 17.5 Å². The second-order valence-electron chi connectivity index (χ2n) is 15.0. The fourth-order valence-electron chi connectivity index (χ4n) is 10.6. The maximum absolute atomic E-state index is 3.00. The van der Waals surface area contributed by atoms with Crippen LogP contribution in [0.5, 0.6) is 0 Å². The van der Waals surface area contributed by atoms with Crippen molar-refractivity contribution in [1.29, 1.82) is 0 Å². The molecule has 2 fully saturated rings. The molecule has 2 saturated heterocycles. The van der Waals surface area contributed by atoms with Gasteiger partial charge in [-0.15, -0.1) is 0 Å². The van der Waals surface area contributed by atoms with Gasteiger partial charge in [-0.1, -0.05) is 47.4 Å². The molecule has 5 aliphatic rings. The Morgan fingerprint density at radius 1 is 0.676 bits per heavy atom. The van der Waals surface area contributed by atoms with Crippen LogP contribution in [-0.2, 0) is 6.42 Å². The molecule has 6 rings (SSSR count). The van der Waals surface area contributed by atoms with E-state index < -0.39 is 0 Å². The van der Waals surface area contributed by atoms with Gasteiger partial charge >= 0.3 is 0 Å². The van der Waals surface area contributed by atoms with Crippen LogP contribution in [0.4, 0.5) is 17.1 Å². The molecule has 0 unspecified atom stereocenters. The summed E-state index contributed by atoms with van der Waals surface area (Å²) in [4.78, 5) is 8.65. The molecule has 4 heteroatoms. The normalized spacial score (nSPS) is 40.4. The van der Waals surface area contributed by atoms with Gasteiger partial charge in [0.25, 0.3) is 0 Å². The maximum Gasteiger partial charge on any atom is 0.154 e. The van der Waals surface area contributed by atoms with Gasteiger partial charge in [0.2, 0.25) is 0 Å². The Bertz CT molecular complexity index is 1080. The standard InChI is InChI=1S/C33H54BN3/c1-16(2)36-24(11)21(8)30-32(36)26-14-28-23(10)34-22(9)18(5)13-19(6)27(34)15-35(28)31(26)29-20(7)25(12)37(17(3)4)33(29)30/h16-25,27-28H,13-15H2,1-12H3/t18-,19+,20-,21-,22-,23+,24+,25+,27+,28-/m0/s1. The van der Waals surface area contributed by atoms with Crippen molar-refractivity contribution in [2.75, 3.05) is 21.2 Å². The fourth-order valence-corrected chi connectivity index (χ4v) is 10.6. The van der Waals surface area contributed by atoms with Crippen LogP contribution in [0, 0.1) is 11.8 Å². The molecule has 0 N–H and O–H groups in total. The summed E-state index contributed by atoms with van der Waals surface area (Å²) in [5.74, 6) is 5.30. The van der Waals surface area contributed by atoms with Gasteiger partial charge in [0.1, 0.15) is 0 Å². The number of fused-ring (bicyclic) bond motifs is 9. The molecule has 0 aromatic heterocycles. The summed E-state index contributed by atoms with van der Waals surface area (Å²) in [6.45, 7) is 32.2. The van der Waals surface area contributed by atoms with Crippen LogP contribution in [0.1, 0.15) is 118 Å². The van der Waals surface area contributed by atoms with Gasteiger partial charge in [-0.3, -0.25) is 0 Å². The predicted molar refractivity (Wildman–Crippen MR) is 164 cm³/mol. The number of nitrogens with zero attached hydrogens (tertiary/aromatic N) is 3. The zero-order valence-electron chi connectivity index (χ0n) is 26.0.